The maximum Gasteiger partial charge on any atom is 0.573 e. The van der Waals surface area contributed by atoms with Gasteiger partial charge in [-0.05, 0) is 24.3 Å². The molecule has 178 valence electrons. The quantitative estimate of drug-likeness (QED) is 0.514. The summed E-state index contributed by atoms with van der Waals surface area (Å²) in [4.78, 5) is 21.3. The van der Waals surface area contributed by atoms with Crippen LogP contribution >= 0.6 is 23.7 Å². The third-order valence-corrected chi connectivity index (χ3v) is 5.87. The van der Waals surface area contributed by atoms with Gasteiger partial charge < -0.3 is 14.8 Å². The van der Waals surface area contributed by atoms with Gasteiger partial charge >= 0.3 is 12.4 Å². The van der Waals surface area contributed by atoms with E-state index in [0.717, 1.165) is 24.4 Å². The number of aromatic nitrogens is 1. The van der Waals surface area contributed by atoms with E-state index in [0.29, 0.717) is 47.3 Å². The Balaban J connectivity index is 0.00000306. The van der Waals surface area contributed by atoms with Gasteiger partial charge in [-0.1, -0.05) is 29.5 Å². The molecule has 3 aromatic rings. The van der Waals surface area contributed by atoms with Crippen molar-refractivity contribution in [2.24, 2.45) is 0 Å². The molecule has 1 aromatic heterocycles. The number of thiazole rings is 1. The number of ether oxygens (including phenoxy) is 2. The van der Waals surface area contributed by atoms with Gasteiger partial charge in [0.05, 0.1) is 23.4 Å². The van der Waals surface area contributed by atoms with E-state index in [1.54, 1.807) is 12.1 Å². The highest BCUT2D eigenvalue weighted by Gasteiger charge is 2.31. The molecule has 0 radical (unpaired) electrons. The predicted octanol–water partition coefficient (Wildman–Crippen LogP) is 4.99. The normalized spacial score (nSPS) is 14.5. The number of hydrogen-bond donors (Lipinski definition) is 1. The van der Waals surface area contributed by atoms with Crippen molar-refractivity contribution in [3.63, 3.8) is 0 Å². The number of urea groups is 1. The Morgan fingerprint density at radius 3 is 2.61 bits per heavy atom. The Kier molecular flexibility index (Phi) is 8.35. The molecule has 33 heavy (non-hydrogen) atoms. The first-order valence-corrected chi connectivity index (χ1v) is 10.8. The number of nitrogens with zero attached hydrogens (tertiary/aromatic N) is 3. The molecular formula is C21H22ClF3N4O3S. The van der Waals surface area contributed by atoms with Crippen molar-refractivity contribution >= 4 is 50.8 Å². The number of fused-ring (bicyclic) bond motifs is 1. The number of rotatable bonds is 6. The lowest BCUT2D eigenvalue weighted by molar-refractivity contribution is -0.274. The molecule has 1 saturated heterocycles. The highest BCUT2D eigenvalue weighted by molar-refractivity contribution is 7.22. The monoisotopic (exact) mass is 502 g/mol. The third-order valence-electron chi connectivity index (χ3n) is 4.83. The average molecular weight is 503 g/mol. The van der Waals surface area contributed by atoms with Gasteiger partial charge in [0.2, 0.25) is 0 Å². The van der Waals surface area contributed by atoms with Crippen LogP contribution in [0.4, 0.5) is 28.8 Å². The predicted molar refractivity (Wildman–Crippen MR) is 124 cm³/mol. The van der Waals surface area contributed by atoms with Crippen molar-refractivity contribution in [2.45, 2.75) is 6.36 Å². The van der Waals surface area contributed by atoms with E-state index in [2.05, 4.69) is 19.9 Å². The highest BCUT2D eigenvalue weighted by atomic mass is 35.5. The number of hydrogen-bond acceptors (Lipinski definition) is 6. The van der Waals surface area contributed by atoms with Crippen LogP contribution in [0.5, 0.6) is 5.75 Å². The molecule has 0 unspecified atom stereocenters. The molecule has 0 spiro atoms. The standard InChI is InChI=1S/C21H21F3N4O3S.ClH/c22-21(23,24)31-16-6-7-17-18(14-16)32-20(26-17)28(9-8-27-10-12-30-13-11-27)19(29)25-15-4-2-1-3-5-15;/h1-7,14H,8-13H2,(H,25,29);1H. The molecule has 0 saturated carbocycles. The molecule has 2 amide bonds. The van der Waals surface area contributed by atoms with Crippen molar-refractivity contribution in [1.29, 1.82) is 0 Å². The third kappa shape index (κ3) is 6.94. The molecule has 1 aliphatic rings. The number of carbonyl (C=O) groups is 1. The van der Waals surface area contributed by atoms with Crippen LogP contribution in [0.1, 0.15) is 0 Å². The maximum atomic E-state index is 13.1. The minimum atomic E-state index is -4.78. The summed E-state index contributed by atoms with van der Waals surface area (Å²) in [6.45, 7) is 3.80. The summed E-state index contributed by atoms with van der Waals surface area (Å²) >= 11 is 1.13. The first-order valence-electron chi connectivity index (χ1n) is 9.97. The SMILES string of the molecule is Cl.O=C(Nc1ccccc1)N(CCN1CCOCC1)c1nc2ccc(OC(F)(F)F)cc2s1. The van der Waals surface area contributed by atoms with E-state index in [9.17, 15) is 18.0 Å². The zero-order valence-electron chi connectivity index (χ0n) is 17.4. The zero-order chi connectivity index (χ0) is 22.6. The number of halogens is 4. The van der Waals surface area contributed by atoms with Crippen molar-refractivity contribution in [2.75, 3.05) is 49.6 Å². The van der Waals surface area contributed by atoms with Crippen LogP contribution in [0.15, 0.2) is 48.5 Å². The van der Waals surface area contributed by atoms with E-state index in [4.69, 9.17) is 4.74 Å². The lowest BCUT2D eigenvalue weighted by Crippen LogP contribution is -2.44. The molecule has 2 heterocycles. The number of benzene rings is 2. The molecule has 2 aromatic carbocycles. The Labute approximate surface area is 198 Å². The van der Waals surface area contributed by atoms with Crippen LogP contribution in [0.2, 0.25) is 0 Å². The van der Waals surface area contributed by atoms with Gasteiger partial charge in [0.15, 0.2) is 5.13 Å². The summed E-state index contributed by atoms with van der Waals surface area (Å²) in [6, 6.07) is 12.6. The second-order valence-corrected chi connectivity index (χ2v) is 8.08. The summed E-state index contributed by atoms with van der Waals surface area (Å²) in [5.41, 5.74) is 1.12. The van der Waals surface area contributed by atoms with Crippen LogP contribution < -0.4 is 15.0 Å². The van der Waals surface area contributed by atoms with Crippen LogP contribution in [0.3, 0.4) is 0 Å². The molecule has 1 N–H and O–H groups in total. The van der Waals surface area contributed by atoms with E-state index < -0.39 is 6.36 Å². The number of alkyl halides is 3. The van der Waals surface area contributed by atoms with Gasteiger partial charge in [-0.2, -0.15) is 0 Å². The van der Waals surface area contributed by atoms with Crippen LogP contribution in [-0.4, -0.2) is 61.7 Å². The molecular weight excluding hydrogens is 481 g/mol. The average Bonchev–Trinajstić information content (AvgIpc) is 3.17. The number of para-hydroxylation sites is 1. The Hall–Kier alpha value is -2.60. The second kappa shape index (κ2) is 11.0. The van der Waals surface area contributed by atoms with E-state index in [1.807, 2.05) is 18.2 Å². The van der Waals surface area contributed by atoms with Crippen LogP contribution in [0, 0.1) is 0 Å². The Morgan fingerprint density at radius 1 is 1.18 bits per heavy atom. The minimum Gasteiger partial charge on any atom is -0.406 e. The van der Waals surface area contributed by atoms with Crippen molar-refractivity contribution in [3.8, 4) is 5.75 Å². The summed E-state index contributed by atoms with van der Waals surface area (Å²) in [5.74, 6) is -0.325. The van der Waals surface area contributed by atoms with Gasteiger partial charge in [-0.25, -0.2) is 9.78 Å². The fraction of sp³-hybridized carbons (Fsp3) is 0.333. The Morgan fingerprint density at radius 2 is 1.91 bits per heavy atom. The zero-order valence-corrected chi connectivity index (χ0v) is 19.0. The summed E-state index contributed by atoms with van der Waals surface area (Å²) in [5, 5.41) is 3.25. The van der Waals surface area contributed by atoms with Gasteiger partial charge in [-0.3, -0.25) is 9.80 Å². The molecule has 0 aliphatic carbocycles. The first kappa shape index (κ1) is 25.0. The lowest BCUT2D eigenvalue weighted by Gasteiger charge is -2.29. The lowest BCUT2D eigenvalue weighted by atomic mass is 10.3. The van der Waals surface area contributed by atoms with Crippen molar-refractivity contribution in [1.82, 2.24) is 9.88 Å². The number of carbonyl (C=O) groups excluding carboxylic acids is 1. The molecule has 0 atom stereocenters. The number of nitrogens with one attached hydrogen (secondary N) is 1. The highest BCUT2D eigenvalue weighted by Crippen LogP contribution is 2.33. The first-order chi connectivity index (χ1) is 15.4. The smallest absolute Gasteiger partial charge is 0.406 e. The molecule has 1 fully saturated rings. The van der Waals surface area contributed by atoms with Crippen LogP contribution in [-0.2, 0) is 4.74 Å². The fourth-order valence-corrected chi connectivity index (χ4v) is 4.29. The largest absolute Gasteiger partial charge is 0.573 e. The number of amides is 2. The molecule has 0 bridgehead atoms. The van der Waals surface area contributed by atoms with Crippen LogP contribution in [0.25, 0.3) is 10.2 Å². The van der Waals surface area contributed by atoms with Gasteiger partial charge in [0.1, 0.15) is 5.75 Å². The molecule has 1 aliphatic heterocycles. The number of morpholine rings is 1. The van der Waals surface area contributed by atoms with Gasteiger partial charge in [0, 0.05) is 37.9 Å². The number of anilines is 2. The fourth-order valence-electron chi connectivity index (χ4n) is 3.27. The molecule has 12 heteroatoms. The second-order valence-electron chi connectivity index (χ2n) is 7.08. The molecule has 4 rings (SSSR count). The van der Waals surface area contributed by atoms with E-state index in [-0.39, 0.29) is 24.2 Å². The van der Waals surface area contributed by atoms with Crippen molar-refractivity contribution in [3.05, 3.63) is 48.5 Å². The minimum absolute atomic E-state index is 0. The Bertz CT molecular complexity index is 1060. The van der Waals surface area contributed by atoms with E-state index in [1.165, 1.54) is 23.1 Å². The van der Waals surface area contributed by atoms with Gasteiger partial charge in [-0.15, -0.1) is 25.6 Å². The topological polar surface area (TPSA) is 66.9 Å². The molecule has 7 nitrogen and oxygen atoms in total. The van der Waals surface area contributed by atoms with Crippen molar-refractivity contribution < 1.29 is 27.4 Å². The summed E-state index contributed by atoms with van der Waals surface area (Å²) in [7, 11) is 0. The van der Waals surface area contributed by atoms with E-state index >= 15 is 0 Å². The summed E-state index contributed by atoms with van der Waals surface area (Å²) < 4.78 is 47.5. The van der Waals surface area contributed by atoms with Gasteiger partial charge in [0.25, 0.3) is 0 Å². The maximum absolute atomic E-state index is 13.1. The summed E-state index contributed by atoms with van der Waals surface area (Å²) in [6.07, 6.45) is -4.78.